The predicted molar refractivity (Wildman–Crippen MR) is 57.9 cm³/mol. The summed E-state index contributed by atoms with van der Waals surface area (Å²) < 4.78 is 25.3. The third-order valence-corrected chi connectivity index (χ3v) is 3.36. The van der Waals surface area contributed by atoms with E-state index in [0.29, 0.717) is 6.54 Å². The summed E-state index contributed by atoms with van der Waals surface area (Å²) in [6.07, 6.45) is 1.62. The molecule has 0 saturated heterocycles. The van der Waals surface area contributed by atoms with Crippen LogP contribution in [0.2, 0.25) is 0 Å². The first kappa shape index (κ1) is 12.2. The summed E-state index contributed by atoms with van der Waals surface area (Å²) in [6, 6.07) is 0. The number of hydrogen-bond acceptors (Lipinski definition) is 4. The highest BCUT2D eigenvalue weighted by atomic mass is 32.2. The second-order valence-corrected chi connectivity index (χ2v) is 5.19. The van der Waals surface area contributed by atoms with Crippen molar-refractivity contribution in [3.63, 3.8) is 0 Å². The molecule has 0 saturated carbocycles. The predicted octanol–water partition coefficient (Wildman–Crippen LogP) is -0.643. The van der Waals surface area contributed by atoms with Gasteiger partial charge in [0.1, 0.15) is 0 Å². The largest absolute Gasteiger partial charge is 0.319 e. The van der Waals surface area contributed by atoms with Crippen LogP contribution in [0.25, 0.3) is 0 Å². The van der Waals surface area contributed by atoms with Crippen LogP contribution in [0, 0.1) is 6.92 Å². The van der Waals surface area contributed by atoms with Crippen LogP contribution >= 0.6 is 0 Å². The maximum Gasteiger partial charge on any atom is 0.213 e. The minimum absolute atomic E-state index is 0.0837. The molecule has 1 aromatic rings. The van der Waals surface area contributed by atoms with Gasteiger partial charge < -0.3 is 5.32 Å². The number of nitrogens with one attached hydrogen (secondary N) is 3. The van der Waals surface area contributed by atoms with Gasteiger partial charge >= 0.3 is 0 Å². The van der Waals surface area contributed by atoms with E-state index in [1.165, 1.54) is 0 Å². The smallest absolute Gasteiger partial charge is 0.213 e. The average Bonchev–Trinajstić information content (AvgIpc) is 2.58. The molecule has 0 aliphatic heterocycles. The van der Waals surface area contributed by atoms with Crippen LogP contribution in [0.5, 0.6) is 0 Å². The minimum Gasteiger partial charge on any atom is -0.319 e. The lowest BCUT2D eigenvalue weighted by Gasteiger charge is -2.05. The van der Waals surface area contributed by atoms with Crippen molar-refractivity contribution in [1.82, 2.24) is 20.2 Å². The zero-order valence-corrected chi connectivity index (χ0v) is 9.69. The Morgan fingerprint density at radius 1 is 1.53 bits per heavy atom. The molecule has 1 aromatic heterocycles. The highest BCUT2D eigenvalue weighted by Crippen LogP contribution is 2.02. The van der Waals surface area contributed by atoms with Crippen molar-refractivity contribution in [2.24, 2.45) is 0 Å². The Labute approximate surface area is 89.5 Å². The first-order valence-electron chi connectivity index (χ1n) is 4.66. The lowest BCUT2D eigenvalue weighted by molar-refractivity contribution is 0.579. The van der Waals surface area contributed by atoms with Gasteiger partial charge in [-0.15, -0.1) is 0 Å². The first-order chi connectivity index (χ1) is 7.05. The molecule has 3 N–H and O–H groups in total. The number of rotatable bonds is 6. The number of aromatic amines is 1. The number of H-pyrrole nitrogens is 1. The molecule has 1 heterocycles. The van der Waals surface area contributed by atoms with E-state index in [2.05, 4.69) is 20.2 Å². The van der Waals surface area contributed by atoms with Crippen LogP contribution in [0.1, 0.15) is 11.3 Å². The van der Waals surface area contributed by atoms with Gasteiger partial charge in [-0.3, -0.25) is 5.10 Å². The van der Waals surface area contributed by atoms with Crippen molar-refractivity contribution in [3.05, 3.63) is 17.5 Å². The van der Waals surface area contributed by atoms with E-state index < -0.39 is 10.0 Å². The fourth-order valence-electron chi connectivity index (χ4n) is 1.05. The van der Waals surface area contributed by atoms with Crippen molar-refractivity contribution in [2.75, 3.05) is 19.3 Å². The Morgan fingerprint density at radius 3 is 2.80 bits per heavy atom. The summed E-state index contributed by atoms with van der Waals surface area (Å²) in [6.45, 7) is 2.58. The van der Waals surface area contributed by atoms with E-state index in [0.717, 1.165) is 11.3 Å². The molecule has 0 atom stereocenters. The van der Waals surface area contributed by atoms with Crippen LogP contribution in [-0.4, -0.2) is 38.0 Å². The number of nitrogens with zero attached hydrogens (tertiary/aromatic N) is 1. The van der Waals surface area contributed by atoms with Gasteiger partial charge in [0.15, 0.2) is 0 Å². The van der Waals surface area contributed by atoms with E-state index in [-0.39, 0.29) is 12.3 Å². The van der Waals surface area contributed by atoms with E-state index in [1.807, 2.05) is 6.92 Å². The fourth-order valence-corrected chi connectivity index (χ4v) is 2.04. The van der Waals surface area contributed by atoms with E-state index in [1.54, 1.807) is 13.2 Å². The molecule has 0 aliphatic carbocycles. The Kier molecular flexibility index (Phi) is 4.25. The zero-order chi connectivity index (χ0) is 11.3. The lowest BCUT2D eigenvalue weighted by atomic mass is 10.3. The molecule has 0 aliphatic rings. The van der Waals surface area contributed by atoms with Crippen molar-refractivity contribution in [1.29, 1.82) is 0 Å². The van der Waals surface area contributed by atoms with Crippen molar-refractivity contribution in [2.45, 2.75) is 13.5 Å². The van der Waals surface area contributed by atoms with Crippen molar-refractivity contribution < 1.29 is 8.42 Å². The van der Waals surface area contributed by atoms with Crippen LogP contribution in [0.4, 0.5) is 0 Å². The lowest BCUT2D eigenvalue weighted by Crippen LogP contribution is -2.30. The second-order valence-electron chi connectivity index (χ2n) is 3.26. The standard InChI is InChI=1S/C8H16N4O2S/c1-7-8(5-10-12-7)6-11-15(13,14)4-3-9-2/h5,9,11H,3-4,6H2,1-2H3,(H,10,12). The molecule has 0 spiro atoms. The van der Waals surface area contributed by atoms with Gasteiger partial charge in [0.05, 0.1) is 11.9 Å². The summed E-state index contributed by atoms with van der Waals surface area (Å²) >= 11 is 0. The summed E-state index contributed by atoms with van der Waals surface area (Å²) in [5, 5.41) is 9.35. The summed E-state index contributed by atoms with van der Waals surface area (Å²) in [7, 11) is -1.47. The van der Waals surface area contributed by atoms with Gasteiger partial charge in [-0.2, -0.15) is 5.10 Å². The highest BCUT2D eigenvalue weighted by molar-refractivity contribution is 7.89. The topological polar surface area (TPSA) is 86.9 Å². The van der Waals surface area contributed by atoms with Gasteiger partial charge in [-0.25, -0.2) is 13.1 Å². The second kappa shape index (κ2) is 5.24. The molecule has 0 bridgehead atoms. The number of hydrogen-bond donors (Lipinski definition) is 3. The normalized spacial score (nSPS) is 11.9. The first-order valence-corrected chi connectivity index (χ1v) is 6.31. The molecular weight excluding hydrogens is 216 g/mol. The number of aryl methyl sites for hydroxylation is 1. The minimum atomic E-state index is -3.19. The molecule has 7 heteroatoms. The van der Waals surface area contributed by atoms with Crippen LogP contribution < -0.4 is 10.0 Å². The van der Waals surface area contributed by atoms with Gasteiger partial charge in [-0.05, 0) is 14.0 Å². The molecule has 0 fully saturated rings. The highest BCUT2D eigenvalue weighted by Gasteiger charge is 2.10. The van der Waals surface area contributed by atoms with Gasteiger partial charge in [0, 0.05) is 24.3 Å². The fraction of sp³-hybridized carbons (Fsp3) is 0.625. The third kappa shape index (κ3) is 3.98. The Hall–Kier alpha value is -0.920. The summed E-state index contributed by atoms with van der Waals surface area (Å²) in [5.41, 5.74) is 1.74. The van der Waals surface area contributed by atoms with Crippen LogP contribution in [0.3, 0.4) is 0 Å². The molecule has 0 aromatic carbocycles. The van der Waals surface area contributed by atoms with Crippen molar-refractivity contribution in [3.8, 4) is 0 Å². The van der Waals surface area contributed by atoms with Gasteiger partial charge in [-0.1, -0.05) is 0 Å². The van der Waals surface area contributed by atoms with Crippen LogP contribution in [-0.2, 0) is 16.6 Å². The molecule has 86 valence electrons. The maximum atomic E-state index is 11.4. The third-order valence-electron chi connectivity index (χ3n) is 2.04. The van der Waals surface area contributed by atoms with Crippen LogP contribution in [0.15, 0.2) is 6.20 Å². The van der Waals surface area contributed by atoms with E-state index in [4.69, 9.17) is 0 Å². The molecule has 6 nitrogen and oxygen atoms in total. The summed E-state index contributed by atoms with van der Waals surface area (Å²) in [4.78, 5) is 0. The number of sulfonamides is 1. The molecule has 0 radical (unpaired) electrons. The van der Waals surface area contributed by atoms with Gasteiger partial charge in [0.25, 0.3) is 0 Å². The quantitative estimate of drug-likeness (QED) is 0.608. The zero-order valence-electron chi connectivity index (χ0n) is 8.87. The Morgan fingerprint density at radius 2 is 2.27 bits per heavy atom. The molecule has 1 rings (SSSR count). The SMILES string of the molecule is CNCCS(=O)(=O)NCc1cn[nH]c1C. The molecule has 15 heavy (non-hydrogen) atoms. The Bertz CT molecular complexity index is 399. The van der Waals surface area contributed by atoms with Crippen molar-refractivity contribution >= 4 is 10.0 Å². The summed E-state index contributed by atoms with van der Waals surface area (Å²) in [5.74, 6) is 0.0837. The molecular formula is C8H16N4O2S. The Balaban J connectivity index is 2.46. The van der Waals surface area contributed by atoms with Gasteiger partial charge in [0.2, 0.25) is 10.0 Å². The number of aromatic nitrogens is 2. The molecule has 0 unspecified atom stereocenters. The van der Waals surface area contributed by atoms with E-state index in [9.17, 15) is 8.42 Å². The van der Waals surface area contributed by atoms with E-state index >= 15 is 0 Å². The maximum absolute atomic E-state index is 11.4. The average molecular weight is 232 g/mol. The monoisotopic (exact) mass is 232 g/mol. The molecule has 0 amide bonds.